The Balaban J connectivity index is 0.00000461. The van der Waals surface area contributed by atoms with Crippen LogP contribution in [0, 0.1) is 5.92 Å². The van der Waals surface area contributed by atoms with E-state index in [1.165, 1.54) is 6.92 Å². The third-order valence-corrected chi connectivity index (χ3v) is 8.32. The van der Waals surface area contributed by atoms with Gasteiger partial charge in [-0.05, 0) is 94.8 Å². The molecule has 0 saturated carbocycles. The van der Waals surface area contributed by atoms with Gasteiger partial charge in [-0.15, -0.1) is 0 Å². The molecule has 12 heteroatoms. The monoisotopic (exact) mass is 610 g/mol. The van der Waals surface area contributed by atoms with Gasteiger partial charge in [-0.2, -0.15) is 0 Å². The number of ether oxygens (including phenoxy) is 1. The van der Waals surface area contributed by atoms with E-state index >= 15 is 0 Å². The predicted molar refractivity (Wildman–Crippen MR) is 166 cm³/mol. The Labute approximate surface area is 276 Å². The van der Waals surface area contributed by atoms with Crippen LogP contribution < -0.4 is 34.6 Å². The molecule has 0 aliphatic carbocycles. The Morgan fingerprint density at radius 3 is 2.42 bits per heavy atom. The molecule has 1 atom stereocenters. The van der Waals surface area contributed by atoms with E-state index in [9.17, 15) is 19.5 Å². The van der Waals surface area contributed by atoms with Gasteiger partial charge in [-0.1, -0.05) is 31.4 Å². The van der Waals surface area contributed by atoms with Crippen LogP contribution in [0.5, 0.6) is 0 Å². The number of hydrogen-bond acceptors (Lipinski definition) is 7. The van der Waals surface area contributed by atoms with Gasteiger partial charge >= 0.3 is 25.0 Å². The SMILES string of the molecule is CC([O-])NC(=O)c1[nH]c2ccccc2c1C1CCN(C(=O)C2CCN(Cc3ccnc(NC(=O)OC(C)(C)C)c3)CC2)CC1.[Li+]. The molecule has 2 aliphatic heterocycles. The van der Waals surface area contributed by atoms with Crippen LogP contribution in [0.15, 0.2) is 42.6 Å². The zero-order valence-electron chi connectivity index (χ0n) is 27.0. The Bertz CT molecular complexity index is 1490. The molecule has 0 spiro atoms. The second-order valence-electron chi connectivity index (χ2n) is 12.9. The summed E-state index contributed by atoms with van der Waals surface area (Å²) in [5, 5.41) is 17.8. The number of carbonyl (C=O) groups excluding carboxylic acids is 3. The Kier molecular flexibility index (Phi) is 11.4. The average Bonchev–Trinajstić information content (AvgIpc) is 3.36. The third-order valence-electron chi connectivity index (χ3n) is 8.32. The number of likely N-dealkylation sites (tertiary alicyclic amines) is 2. The van der Waals surface area contributed by atoms with Gasteiger partial charge in [-0.25, -0.2) is 9.78 Å². The van der Waals surface area contributed by atoms with E-state index in [1.807, 2.05) is 62.1 Å². The van der Waals surface area contributed by atoms with E-state index in [1.54, 1.807) is 6.20 Å². The van der Waals surface area contributed by atoms with E-state index in [4.69, 9.17) is 4.74 Å². The number of hydrogen-bond donors (Lipinski definition) is 3. The minimum atomic E-state index is -1.20. The zero-order chi connectivity index (χ0) is 31.4. The van der Waals surface area contributed by atoms with Crippen molar-refractivity contribution in [2.24, 2.45) is 5.92 Å². The molecule has 1 aromatic carbocycles. The summed E-state index contributed by atoms with van der Waals surface area (Å²) in [5.41, 5.74) is 2.72. The summed E-state index contributed by atoms with van der Waals surface area (Å²) in [4.78, 5) is 50.3. The summed E-state index contributed by atoms with van der Waals surface area (Å²) < 4.78 is 5.32. The van der Waals surface area contributed by atoms with E-state index < -0.39 is 17.9 Å². The average molecular weight is 611 g/mol. The largest absolute Gasteiger partial charge is 1.00 e. The van der Waals surface area contributed by atoms with Crippen LogP contribution in [0.4, 0.5) is 10.6 Å². The van der Waals surface area contributed by atoms with Gasteiger partial charge in [0.05, 0.1) is 0 Å². The molecule has 0 radical (unpaired) electrons. The van der Waals surface area contributed by atoms with Crippen LogP contribution in [-0.4, -0.2) is 75.7 Å². The topological polar surface area (TPSA) is 143 Å². The van der Waals surface area contributed by atoms with Gasteiger partial charge in [0.15, 0.2) is 0 Å². The van der Waals surface area contributed by atoms with Gasteiger partial charge in [0.2, 0.25) is 5.91 Å². The number of anilines is 1. The van der Waals surface area contributed by atoms with Crippen LogP contribution in [-0.2, 0) is 16.1 Å². The molecule has 2 aliphatic rings. The molecule has 2 aromatic heterocycles. The molecule has 5 rings (SSSR count). The fraction of sp³-hybridized carbons (Fsp3) is 0.515. The Morgan fingerprint density at radius 1 is 1.07 bits per heavy atom. The molecular weight excluding hydrogens is 567 g/mol. The molecule has 236 valence electrons. The van der Waals surface area contributed by atoms with Crippen LogP contribution in [0.3, 0.4) is 0 Å². The van der Waals surface area contributed by atoms with Crippen LogP contribution >= 0.6 is 0 Å². The molecule has 1 unspecified atom stereocenters. The first-order chi connectivity index (χ1) is 21.0. The number of benzene rings is 1. The standard InChI is InChI=1S/C33H43N6O5.Li/c1-21(40)35-30(41)29-28(25-7-5-6-8-26(25)36-29)23-12-17-39(18-13-23)31(42)24-10-15-38(16-11-24)20-22-9-14-34-27(19-22)37-32(43)44-33(2,3)4;/h5-9,14,19,21,23-24,36H,10-13,15-18,20H2,1-4H3,(H,35,41)(H,34,37,43);/q-1;+1. The minimum Gasteiger partial charge on any atom is -0.837 e. The zero-order valence-corrected chi connectivity index (χ0v) is 27.0. The molecule has 3 amide bonds. The van der Waals surface area contributed by atoms with Crippen molar-refractivity contribution in [2.75, 3.05) is 31.5 Å². The van der Waals surface area contributed by atoms with Gasteiger partial charge in [0.1, 0.15) is 17.1 Å². The maximum absolute atomic E-state index is 13.5. The van der Waals surface area contributed by atoms with Gasteiger partial charge in [0.25, 0.3) is 5.91 Å². The molecule has 4 heterocycles. The normalized spacial score (nSPS) is 17.4. The number of fused-ring (bicyclic) bond motifs is 1. The predicted octanol–water partition coefficient (Wildman–Crippen LogP) is 0.968. The molecule has 45 heavy (non-hydrogen) atoms. The second-order valence-corrected chi connectivity index (χ2v) is 12.9. The number of nitrogens with zero attached hydrogens (tertiary/aromatic N) is 3. The first-order valence-electron chi connectivity index (χ1n) is 15.5. The fourth-order valence-electron chi connectivity index (χ4n) is 6.32. The Morgan fingerprint density at radius 2 is 1.76 bits per heavy atom. The number of pyridine rings is 1. The molecule has 2 fully saturated rings. The summed E-state index contributed by atoms with van der Waals surface area (Å²) in [6, 6.07) is 11.6. The van der Waals surface area contributed by atoms with Crippen molar-refractivity contribution in [3.8, 4) is 0 Å². The number of amides is 3. The van der Waals surface area contributed by atoms with Crippen molar-refractivity contribution >= 4 is 34.6 Å². The van der Waals surface area contributed by atoms with Crippen molar-refractivity contribution in [3.63, 3.8) is 0 Å². The number of H-pyrrole nitrogens is 1. The summed E-state index contributed by atoms with van der Waals surface area (Å²) >= 11 is 0. The van der Waals surface area contributed by atoms with Crippen molar-refractivity contribution < 1.29 is 43.1 Å². The summed E-state index contributed by atoms with van der Waals surface area (Å²) in [5.74, 6) is 0.400. The van der Waals surface area contributed by atoms with E-state index in [2.05, 4.69) is 25.5 Å². The fourth-order valence-corrected chi connectivity index (χ4v) is 6.32. The number of rotatable bonds is 7. The van der Waals surface area contributed by atoms with Crippen molar-refractivity contribution in [1.29, 1.82) is 0 Å². The number of aromatic nitrogens is 2. The maximum atomic E-state index is 13.5. The van der Waals surface area contributed by atoms with Crippen molar-refractivity contribution in [3.05, 3.63) is 59.4 Å². The summed E-state index contributed by atoms with van der Waals surface area (Å²) in [6.07, 6.45) is 3.07. The summed E-state index contributed by atoms with van der Waals surface area (Å²) in [6.45, 7) is 10.5. The van der Waals surface area contributed by atoms with Gasteiger partial charge < -0.3 is 25.0 Å². The molecule has 11 nitrogen and oxygen atoms in total. The van der Waals surface area contributed by atoms with Gasteiger partial charge in [-0.3, -0.25) is 19.8 Å². The third kappa shape index (κ3) is 8.88. The second kappa shape index (κ2) is 14.8. The number of aromatic amines is 1. The molecule has 3 N–H and O–H groups in total. The van der Waals surface area contributed by atoms with E-state index in [0.29, 0.717) is 31.1 Å². The van der Waals surface area contributed by atoms with Crippen molar-refractivity contribution in [1.82, 2.24) is 25.1 Å². The molecule has 3 aromatic rings. The first-order valence-corrected chi connectivity index (χ1v) is 15.5. The Hall–Kier alpha value is -3.36. The minimum absolute atomic E-state index is 0. The molecular formula is C33H43LiN6O5. The number of carbonyl (C=O) groups is 3. The molecule has 2 saturated heterocycles. The molecule has 0 bridgehead atoms. The van der Waals surface area contributed by atoms with Crippen LogP contribution in [0.1, 0.15) is 80.9 Å². The smallest absolute Gasteiger partial charge is 0.837 e. The first kappa shape index (κ1) is 34.5. The van der Waals surface area contributed by atoms with Crippen LogP contribution in [0.25, 0.3) is 10.9 Å². The van der Waals surface area contributed by atoms with Crippen LogP contribution in [0.2, 0.25) is 0 Å². The maximum Gasteiger partial charge on any atom is 1.00 e. The number of nitrogens with one attached hydrogen (secondary N) is 3. The van der Waals surface area contributed by atoms with E-state index in [0.717, 1.165) is 60.8 Å². The quantitative estimate of drug-likeness (QED) is 0.267. The summed E-state index contributed by atoms with van der Waals surface area (Å²) in [7, 11) is 0. The van der Waals surface area contributed by atoms with E-state index in [-0.39, 0.29) is 42.5 Å². The van der Waals surface area contributed by atoms with Gasteiger partial charge in [0, 0.05) is 42.7 Å². The number of para-hydroxylation sites is 1. The number of piperidine rings is 2. The van der Waals surface area contributed by atoms with Crippen molar-refractivity contribution in [2.45, 2.75) is 77.7 Å².